The minimum Gasteiger partial charge on any atom is -0.507 e. The predicted molar refractivity (Wildman–Crippen MR) is 112 cm³/mol. The van der Waals surface area contributed by atoms with Crippen LogP contribution in [0.1, 0.15) is 48.0 Å². The van der Waals surface area contributed by atoms with Crippen molar-refractivity contribution < 1.29 is 29.7 Å². The Kier molecular flexibility index (Phi) is 5.87. The second-order valence-corrected chi connectivity index (χ2v) is 6.76. The molecule has 1 aromatic heterocycles. The van der Waals surface area contributed by atoms with E-state index in [-0.39, 0.29) is 22.4 Å². The van der Waals surface area contributed by atoms with Crippen LogP contribution in [0.3, 0.4) is 0 Å². The van der Waals surface area contributed by atoms with E-state index < -0.39 is 17.8 Å². The van der Waals surface area contributed by atoms with Crippen LogP contribution in [0.2, 0.25) is 0 Å². The van der Waals surface area contributed by atoms with Gasteiger partial charge >= 0.3 is 11.9 Å². The summed E-state index contributed by atoms with van der Waals surface area (Å²) in [6, 6.07) is 11.7. The lowest BCUT2D eigenvalue weighted by atomic mass is 10.1. The van der Waals surface area contributed by atoms with Crippen LogP contribution in [0, 0.1) is 13.8 Å². The molecule has 0 saturated heterocycles. The molecule has 0 aliphatic rings. The van der Waals surface area contributed by atoms with Crippen molar-refractivity contribution in [2.75, 3.05) is 0 Å². The minimum absolute atomic E-state index is 0.0804. The number of aromatic carboxylic acids is 2. The Hall–Kier alpha value is -4.40. The summed E-state index contributed by atoms with van der Waals surface area (Å²) in [5.74, 6) is -3.22. The molecule has 1 amide bonds. The number of nitrogens with one attached hydrogen (secondary N) is 1. The number of carboxylic acids is 2. The largest absolute Gasteiger partial charge is 0.507 e. The van der Waals surface area contributed by atoms with Gasteiger partial charge < -0.3 is 19.9 Å². The van der Waals surface area contributed by atoms with Gasteiger partial charge in [0.05, 0.1) is 22.9 Å². The van der Waals surface area contributed by atoms with Crippen molar-refractivity contribution in [1.29, 1.82) is 0 Å². The third-order valence-corrected chi connectivity index (χ3v) is 4.66. The first-order valence-corrected chi connectivity index (χ1v) is 9.11. The normalized spacial score (nSPS) is 10.9. The Balaban J connectivity index is 1.92. The fourth-order valence-corrected chi connectivity index (χ4v) is 3.19. The van der Waals surface area contributed by atoms with E-state index in [0.717, 1.165) is 6.07 Å². The maximum absolute atomic E-state index is 12.1. The number of carbonyl (C=O) groups excluding carboxylic acids is 1. The van der Waals surface area contributed by atoms with E-state index in [4.69, 9.17) is 0 Å². The number of carbonyl (C=O) groups is 3. The van der Waals surface area contributed by atoms with Gasteiger partial charge in [-0.2, -0.15) is 5.10 Å². The third-order valence-electron chi connectivity index (χ3n) is 4.66. The lowest BCUT2D eigenvalue weighted by molar-refractivity contribution is 0.0696. The molecule has 31 heavy (non-hydrogen) atoms. The number of amides is 1. The zero-order chi connectivity index (χ0) is 22.7. The van der Waals surface area contributed by atoms with Crippen LogP contribution in [-0.2, 0) is 0 Å². The molecule has 2 aromatic carbocycles. The molecule has 0 atom stereocenters. The highest BCUT2D eigenvalue weighted by atomic mass is 16.4. The summed E-state index contributed by atoms with van der Waals surface area (Å²) in [4.78, 5) is 34.9. The number of hydrazone groups is 1. The topological polar surface area (TPSA) is 141 Å². The van der Waals surface area contributed by atoms with E-state index in [2.05, 4.69) is 10.5 Å². The molecule has 0 aliphatic heterocycles. The second-order valence-electron chi connectivity index (χ2n) is 6.76. The van der Waals surface area contributed by atoms with Gasteiger partial charge in [0.1, 0.15) is 5.75 Å². The highest BCUT2D eigenvalue weighted by Crippen LogP contribution is 2.22. The molecule has 0 fully saturated rings. The summed E-state index contributed by atoms with van der Waals surface area (Å²) >= 11 is 0. The van der Waals surface area contributed by atoms with Gasteiger partial charge in [-0.1, -0.05) is 12.1 Å². The standard InChI is InChI=1S/C22H19N3O6/c1-12-7-16(11-23-24-20(27)18-5-3-4-6-19(18)26)13(2)25(12)17-9-14(21(28)29)8-15(10-17)22(30)31/h3-11,26H,1-2H3,(H,24,27)(H,28,29)(H,30,31)/b23-11+. The van der Waals surface area contributed by atoms with Gasteiger partial charge in [-0.15, -0.1) is 0 Å². The zero-order valence-electron chi connectivity index (χ0n) is 16.7. The number of aromatic hydroxyl groups is 1. The first kappa shape index (κ1) is 21.3. The van der Waals surface area contributed by atoms with Crippen molar-refractivity contribution in [2.45, 2.75) is 13.8 Å². The van der Waals surface area contributed by atoms with Gasteiger partial charge in [0.15, 0.2) is 0 Å². The summed E-state index contributed by atoms with van der Waals surface area (Å²) in [6.45, 7) is 3.53. The maximum atomic E-state index is 12.1. The number of benzene rings is 2. The summed E-state index contributed by atoms with van der Waals surface area (Å²) in [6.07, 6.45) is 1.41. The summed E-state index contributed by atoms with van der Waals surface area (Å²) in [5.41, 5.74) is 4.52. The molecule has 3 rings (SSSR count). The van der Waals surface area contributed by atoms with Crippen LogP contribution < -0.4 is 5.43 Å². The van der Waals surface area contributed by atoms with Gasteiger partial charge in [0.25, 0.3) is 5.91 Å². The van der Waals surface area contributed by atoms with E-state index in [0.29, 0.717) is 22.6 Å². The Bertz CT molecular complexity index is 1190. The van der Waals surface area contributed by atoms with Crippen molar-refractivity contribution in [3.05, 3.63) is 82.2 Å². The molecule has 0 spiro atoms. The molecule has 4 N–H and O–H groups in total. The number of nitrogens with zero attached hydrogens (tertiary/aromatic N) is 2. The highest BCUT2D eigenvalue weighted by Gasteiger charge is 2.16. The summed E-state index contributed by atoms with van der Waals surface area (Å²) in [5, 5.41) is 32.3. The lowest BCUT2D eigenvalue weighted by Gasteiger charge is -2.12. The number of aryl methyl sites for hydroxylation is 1. The lowest BCUT2D eigenvalue weighted by Crippen LogP contribution is -2.17. The molecule has 0 bridgehead atoms. The Morgan fingerprint density at radius 3 is 2.16 bits per heavy atom. The monoisotopic (exact) mass is 421 g/mol. The van der Waals surface area contributed by atoms with Crippen LogP contribution in [0.5, 0.6) is 5.75 Å². The van der Waals surface area contributed by atoms with Crippen molar-refractivity contribution in [3.63, 3.8) is 0 Å². The van der Waals surface area contributed by atoms with Crippen molar-refractivity contribution >= 4 is 24.1 Å². The number of para-hydroxylation sites is 1. The maximum Gasteiger partial charge on any atom is 0.335 e. The van der Waals surface area contributed by atoms with Gasteiger partial charge in [0, 0.05) is 22.6 Å². The van der Waals surface area contributed by atoms with Gasteiger partial charge in [-0.3, -0.25) is 4.79 Å². The molecule has 0 unspecified atom stereocenters. The first-order chi connectivity index (χ1) is 14.7. The molecule has 0 saturated carbocycles. The number of aromatic nitrogens is 1. The zero-order valence-corrected chi connectivity index (χ0v) is 16.7. The molecule has 0 aliphatic carbocycles. The molecule has 1 heterocycles. The van der Waals surface area contributed by atoms with Crippen LogP contribution >= 0.6 is 0 Å². The molecule has 9 heteroatoms. The number of phenols is 1. The SMILES string of the molecule is Cc1cc(/C=N/NC(=O)c2ccccc2O)c(C)n1-c1cc(C(=O)O)cc(C(=O)O)c1. The van der Waals surface area contributed by atoms with E-state index in [1.54, 1.807) is 36.6 Å². The van der Waals surface area contributed by atoms with E-state index >= 15 is 0 Å². The Morgan fingerprint density at radius 1 is 0.968 bits per heavy atom. The van der Waals surface area contributed by atoms with Gasteiger partial charge in [0.2, 0.25) is 0 Å². The van der Waals surface area contributed by atoms with E-state index in [1.165, 1.54) is 30.5 Å². The fourth-order valence-electron chi connectivity index (χ4n) is 3.19. The van der Waals surface area contributed by atoms with Crippen LogP contribution in [0.15, 0.2) is 53.6 Å². The van der Waals surface area contributed by atoms with Crippen molar-refractivity contribution in [3.8, 4) is 11.4 Å². The van der Waals surface area contributed by atoms with Crippen LogP contribution in [0.4, 0.5) is 0 Å². The average Bonchev–Trinajstić information content (AvgIpc) is 3.01. The number of hydrogen-bond donors (Lipinski definition) is 4. The number of rotatable bonds is 6. The number of hydrogen-bond acceptors (Lipinski definition) is 5. The van der Waals surface area contributed by atoms with Gasteiger partial charge in [-0.25, -0.2) is 15.0 Å². The average molecular weight is 421 g/mol. The van der Waals surface area contributed by atoms with Crippen molar-refractivity contribution in [2.24, 2.45) is 5.10 Å². The summed E-state index contributed by atoms with van der Waals surface area (Å²) < 4.78 is 1.70. The van der Waals surface area contributed by atoms with E-state index in [1.807, 2.05) is 0 Å². The molecular weight excluding hydrogens is 402 g/mol. The Morgan fingerprint density at radius 2 is 1.58 bits per heavy atom. The molecule has 158 valence electrons. The molecule has 0 radical (unpaired) electrons. The van der Waals surface area contributed by atoms with E-state index in [9.17, 15) is 29.7 Å². The minimum atomic E-state index is -1.24. The molecule has 9 nitrogen and oxygen atoms in total. The smallest absolute Gasteiger partial charge is 0.335 e. The van der Waals surface area contributed by atoms with Crippen LogP contribution in [-0.4, -0.2) is 43.9 Å². The highest BCUT2D eigenvalue weighted by molar-refractivity contribution is 5.97. The molecule has 3 aromatic rings. The summed E-state index contributed by atoms with van der Waals surface area (Å²) in [7, 11) is 0. The van der Waals surface area contributed by atoms with Gasteiger partial charge in [-0.05, 0) is 50.2 Å². The number of phenolic OH excluding ortho intramolecular Hbond substituents is 1. The third kappa shape index (κ3) is 4.45. The first-order valence-electron chi connectivity index (χ1n) is 9.11. The van der Waals surface area contributed by atoms with Crippen LogP contribution in [0.25, 0.3) is 5.69 Å². The number of carboxylic acid groups (broad SMARTS) is 2. The fraction of sp³-hybridized carbons (Fsp3) is 0.0909. The predicted octanol–water partition coefficient (Wildman–Crippen LogP) is 2.96. The second kappa shape index (κ2) is 8.54. The van der Waals surface area contributed by atoms with Crippen molar-refractivity contribution in [1.82, 2.24) is 9.99 Å². The molecular formula is C22H19N3O6. The quantitative estimate of drug-likeness (QED) is 0.356. The Labute approximate surface area is 176 Å².